The zero-order valence-electron chi connectivity index (χ0n) is 18.1. The van der Waals surface area contributed by atoms with E-state index in [1.54, 1.807) is 12.1 Å². The molecule has 0 radical (unpaired) electrons. The zero-order valence-corrected chi connectivity index (χ0v) is 18.1. The molecule has 0 saturated carbocycles. The molecule has 0 amide bonds. The molecule has 3 N–H and O–H groups in total. The van der Waals surface area contributed by atoms with Crippen LogP contribution in [0, 0.1) is 17.6 Å². The van der Waals surface area contributed by atoms with Crippen LogP contribution in [0.5, 0.6) is 0 Å². The van der Waals surface area contributed by atoms with Gasteiger partial charge < -0.3 is 10.5 Å². The van der Waals surface area contributed by atoms with Crippen LogP contribution in [-0.4, -0.2) is 38.7 Å². The van der Waals surface area contributed by atoms with Crippen molar-refractivity contribution in [2.45, 2.75) is 19.3 Å². The normalized spacial score (nSPS) is 14.5. The molecule has 4 aromatic rings. The number of aromatic nitrogens is 4. The number of hydrogen-bond donors (Lipinski definition) is 2. The van der Waals surface area contributed by atoms with Crippen molar-refractivity contribution in [1.29, 1.82) is 0 Å². The Kier molecular flexibility index (Phi) is 5.66. The maximum absolute atomic E-state index is 14.5. The number of rotatable bonds is 5. The first-order chi connectivity index (χ1) is 16.4. The summed E-state index contributed by atoms with van der Waals surface area (Å²) >= 11 is 0. The molecule has 4 heterocycles. The van der Waals surface area contributed by atoms with E-state index < -0.39 is 22.9 Å². The first-order valence-corrected chi connectivity index (χ1v) is 10.8. The molecule has 0 bridgehead atoms. The van der Waals surface area contributed by atoms with Gasteiger partial charge in [0.25, 0.3) is 5.56 Å². The van der Waals surface area contributed by atoms with Gasteiger partial charge in [-0.2, -0.15) is 5.10 Å². The van der Waals surface area contributed by atoms with Crippen LogP contribution >= 0.6 is 0 Å². The van der Waals surface area contributed by atoms with E-state index in [0.717, 1.165) is 29.5 Å². The predicted molar refractivity (Wildman–Crippen MR) is 122 cm³/mol. The summed E-state index contributed by atoms with van der Waals surface area (Å²) in [5.74, 6) is -1.72. The summed E-state index contributed by atoms with van der Waals surface area (Å²) in [5.41, 5.74) is 5.99. The second-order valence-electron chi connectivity index (χ2n) is 8.26. The number of para-hydroxylation sites is 1. The molecule has 174 valence electrons. The second-order valence-corrected chi connectivity index (χ2v) is 8.26. The molecule has 0 spiro atoms. The van der Waals surface area contributed by atoms with E-state index in [1.165, 1.54) is 18.5 Å². The second kappa shape index (κ2) is 8.79. The Bertz CT molecular complexity index is 1440. The number of nitrogen functional groups attached to an aromatic ring is 1. The summed E-state index contributed by atoms with van der Waals surface area (Å²) in [6.07, 6.45) is 4.81. The highest BCUT2D eigenvalue weighted by Crippen LogP contribution is 2.29. The van der Waals surface area contributed by atoms with Crippen molar-refractivity contribution in [3.8, 4) is 16.9 Å². The first-order valence-electron chi connectivity index (χ1n) is 10.8. The molecule has 0 aliphatic carbocycles. The Morgan fingerprint density at radius 2 is 1.94 bits per heavy atom. The number of benzene rings is 1. The largest absolute Gasteiger partial charge is 0.382 e. The maximum atomic E-state index is 14.5. The lowest BCUT2D eigenvalue weighted by Crippen LogP contribution is -2.21. The smallest absolute Gasteiger partial charge is 0.268 e. The van der Waals surface area contributed by atoms with Crippen molar-refractivity contribution in [3.63, 3.8) is 0 Å². The third kappa shape index (κ3) is 3.86. The fourth-order valence-electron chi connectivity index (χ4n) is 4.30. The molecule has 0 unspecified atom stereocenters. The highest BCUT2D eigenvalue weighted by atomic mass is 19.1. The van der Waals surface area contributed by atoms with Gasteiger partial charge in [-0.1, -0.05) is 6.07 Å². The predicted octanol–water partition coefficient (Wildman–Crippen LogP) is 3.64. The average Bonchev–Trinajstić information content (AvgIpc) is 3.23. The lowest BCUT2D eigenvalue weighted by molar-refractivity contribution is 0.0601. The topological polar surface area (TPSA) is 116 Å². The number of carbonyl (C=O) groups is 1. The fraction of sp³-hybridized carbons (Fsp3) is 0.250. The minimum absolute atomic E-state index is 0.0270. The number of H-pyrrole nitrogens is 1. The van der Waals surface area contributed by atoms with Gasteiger partial charge in [-0.3, -0.25) is 24.2 Å². The molecule has 10 heteroatoms. The Hall–Kier alpha value is -3.92. The lowest BCUT2D eigenvalue weighted by atomic mass is 9.92. The van der Waals surface area contributed by atoms with Crippen LogP contribution < -0.4 is 11.3 Å². The Morgan fingerprint density at radius 3 is 2.68 bits per heavy atom. The van der Waals surface area contributed by atoms with E-state index in [0.29, 0.717) is 36.5 Å². The van der Waals surface area contributed by atoms with Crippen molar-refractivity contribution in [2.24, 2.45) is 5.92 Å². The highest BCUT2D eigenvalue weighted by molar-refractivity contribution is 6.00. The summed E-state index contributed by atoms with van der Waals surface area (Å²) < 4.78 is 35.3. The highest BCUT2D eigenvalue weighted by Gasteiger charge is 2.22. The van der Waals surface area contributed by atoms with E-state index in [9.17, 15) is 18.4 Å². The molecule has 1 saturated heterocycles. The molecule has 8 nitrogen and oxygen atoms in total. The number of pyridine rings is 2. The average molecular weight is 465 g/mol. The van der Waals surface area contributed by atoms with Gasteiger partial charge in [0, 0.05) is 43.2 Å². The SMILES string of the molecule is Nc1n[nH]c2c(-c3cc(C(=O)CC4CCOCC4)ccn3)cn(-c3c(F)cccc3F)c(=O)c12. The van der Waals surface area contributed by atoms with Crippen molar-refractivity contribution in [1.82, 2.24) is 19.7 Å². The van der Waals surface area contributed by atoms with Crippen LogP contribution in [0.2, 0.25) is 0 Å². The Balaban J connectivity index is 1.63. The van der Waals surface area contributed by atoms with Crippen LogP contribution in [0.1, 0.15) is 29.6 Å². The van der Waals surface area contributed by atoms with E-state index >= 15 is 0 Å². The Labute approximate surface area is 192 Å². The molecular formula is C24H21F2N5O3. The van der Waals surface area contributed by atoms with Crippen molar-refractivity contribution in [2.75, 3.05) is 18.9 Å². The lowest BCUT2D eigenvalue weighted by Gasteiger charge is -2.21. The molecule has 1 fully saturated rings. The molecule has 5 rings (SSSR count). The number of nitrogens with two attached hydrogens (primary N) is 1. The molecule has 1 aliphatic heterocycles. The number of ketones is 1. The number of hydrogen-bond acceptors (Lipinski definition) is 6. The van der Waals surface area contributed by atoms with Gasteiger partial charge in [0.2, 0.25) is 0 Å². The fourth-order valence-corrected chi connectivity index (χ4v) is 4.30. The van der Waals surface area contributed by atoms with E-state index in [4.69, 9.17) is 10.5 Å². The molecule has 1 aromatic carbocycles. The maximum Gasteiger partial charge on any atom is 0.268 e. The molecule has 0 atom stereocenters. The number of ether oxygens (including phenoxy) is 1. The van der Waals surface area contributed by atoms with E-state index in [2.05, 4.69) is 15.2 Å². The van der Waals surface area contributed by atoms with Crippen LogP contribution in [-0.2, 0) is 4.74 Å². The van der Waals surface area contributed by atoms with Crippen LogP contribution in [0.4, 0.5) is 14.6 Å². The van der Waals surface area contributed by atoms with Crippen molar-refractivity contribution in [3.05, 3.63) is 70.3 Å². The van der Waals surface area contributed by atoms with Gasteiger partial charge in [0.05, 0.1) is 11.2 Å². The van der Waals surface area contributed by atoms with Crippen LogP contribution in [0.3, 0.4) is 0 Å². The minimum Gasteiger partial charge on any atom is -0.382 e. The summed E-state index contributed by atoms with van der Waals surface area (Å²) in [6, 6.07) is 6.54. The number of aromatic amines is 1. The third-order valence-electron chi connectivity index (χ3n) is 6.11. The van der Waals surface area contributed by atoms with Crippen molar-refractivity contribution < 1.29 is 18.3 Å². The van der Waals surface area contributed by atoms with Crippen LogP contribution in [0.15, 0.2) is 47.5 Å². The summed E-state index contributed by atoms with van der Waals surface area (Å²) in [7, 11) is 0. The first kappa shape index (κ1) is 21.9. The number of carbonyl (C=O) groups excluding carboxylic acids is 1. The zero-order chi connectivity index (χ0) is 23.8. The van der Waals surface area contributed by atoms with E-state index in [1.807, 2.05) is 0 Å². The summed E-state index contributed by atoms with van der Waals surface area (Å²) in [6.45, 7) is 1.29. The number of nitrogens with zero attached hydrogens (tertiary/aromatic N) is 3. The Morgan fingerprint density at radius 1 is 1.21 bits per heavy atom. The van der Waals surface area contributed by atoms with Gasteiger partial charge in [-0.25, -0.2) is 8.78 Å². The minimum atomic E-state index is -0.914. The van der Waals surface area contributed by atoms with Crippen molar-refractivity contribution >= 4 is 22.5 Å². The van der Waals surface area contributed by atoms with Gasteiger partial charge in [-0.15, -0.1) is 0 Å². The number of fused-ring (bicyclic) bond motifs is 1. The number of nitrogens with one attached hydrogen (secondary N) is 1. The van der Waals surface area contributed by atoms with E-state index in [-0.39, 0.29) is 28.4 Å². The standard InChI is InChI=1S/C24H21F2N5O3/c25-16-2-1-3-17(26)22(16)31-12-15(21-20(24(31)33)23(27)30-29-21)18-11-14(4-7-28-18)19(32)10-13-5-8-34-9-6-13/h1-4,7,11-13H,5-6,8-10H2,(H3,27,29,30). The molecule has 3 aromatic heterocycles. The van der Waals surface area contributed by atoms with Crippen LogP contribution in [0.25, 0.3) is 27.8 Å². The monoisotopic (exact) mass is 465 g/mol. The quantitative estimate of drug-likeness (QED) is 0.435. The number of halogens is 2. The number of anilines is 1. The van der Waals surface area contributed by atoms with Gasteiger partial charge >= 0.3 is 0 Å². The molecule has 34 heavy (non-hydrogen) atoms. The molecular weight excluding hydrogens is 444 g/mol. The number of Topliss-reactive ketones (excluding diaryl/α,β-unsaturated/α-hetero) is 1. The van der Waals surface area contributed by atoms with Gasteiger partial charge in [0.1, 0.15) is 22.7 Å². The third-order valence-corrected chi connectivity index (χ3v) is 6.11. The van der Waals surface area contributed by atoms with Gasteiger partial charge in [-0.05, 0) is 43.0 Å². The summed E-state index contributed by atoms with van der Waals surface area (Å²) in [5, 5.41) is 6.58. The van der Waals surface area contributed by atoms with Gasteiger partial charge in [0.15, 0.2) is 11.6 Å². The molecule has 1 aliphatic rings. The summed E-state index contributed by atoms with van der Waals surface area (Å²) in [4.78, 5) is 30.4.